The molecule has 14 heavy (non-hydrogen) atoms. The third kappa shape index (κ3) is 1.73. The van der Waals surface area contributed by atoms with E-state index in [9.17, 15) is 0 Å². The van der Waals surface area contributed by atoms with Crippen LogP contribution in [-0.2, 0) is 5.41 Å². The molecule has 0 aliphatic carbocycles. The van der Waals surface area contributed by atoms with Crippen LogP contribution in [0.3, 0.4) is 0 Å². The monoisotopic (exact) mass is 268 g/mol. The van der Waals surface area contributed by atoms with Gasteiger partial charge in [-0.25, -0.2) is 0 Å². The molecule has 74 valence electrons. The zero-order valence-corrected chi connectivity index (χ0v) is 11.0. The first-order valence-corrected chi connectivity index (χ1v) is 6.33. The molecule has 2 aromatic rings. The highest BCUT2D eigenvalue weighted by molar-refractivity contribution is 9.10. The van der Waals surface area contributed by atoms with Crippen LogP contribution >= 0.6 is 27.3 Å². The molecule has 1 aromatic carbocycles. The quantitative estimate of drug-likeness (QED) is 0.634. The second kappa shape index (κ2) is 3.35. The average Bonchev–Trinajstić information content (AvgIpc) is 2.45. The van der Waals surface area contributed by atoms with E-state index < -0.39 is 0 Å². The fourth-order valence-corrected chi connectivity index (χ4v) is 3.32. The first-order chi connectivity index (χ1) is 6.48. The van der Waals surface area contributed by atoms with Crippen LogP contribution in [0.25, 0.3) is 10.1 Å². The summed E-state index contributed by atoms with van der Waals surface area (Å²) in [7, 11) is 0. The Balaban J connectivity index is 2.70. The first-order valence-electron chi connectivity index (χ1n) is 4.66. The van der Waals surface area contributed by atoms with Crippen molar-refractivity contribution in [1.29, 1.82) is 0 Å². The third-order valence-corrected chi connectivity index (χ3v) is 3.78. The van der Waals surface area contributed by atoms with E-state index in [0.717, 1.165) is 4.47 Å². The van der Waals surface area contributed by atoms with Crippen LogP contribution in [-0.4, -0.2) is 0 Å². The van der Waals surface area contributed by atoms with E-state index >= 15 is 0 Å². The summed E-state index contributed by atoms with van der Waals surface area (Å²) in [5, 5.41) is 3.67. The van der Waals surface area contributed by atoms with Crippen molar-refractivity contribution in [3.63, 3.8) is 0 Å². The largest absolute Gasteiger partial charge is 0.143 e. The molecule has 0 amide bonds. The summed E-state index contributed by atoms with van der Waals surface area (Å²) in [4.78, 5) is 0. The minimum Gasteiger partial charge on any atom is -0.143 e. The van der Waals surface area contributed by atoms with E-state index in [-0.39, 0.29) is 5.41 Å². The van der Waals surface area contributed by atoms with Gasteiger partial charge in [-0.1, -0.05) is 42.8 Å². The minimum atomic E-state index is 0.242. The molecule has 0 aliphatic rings. The van der Waals surface area contributed by atoms with Crippen LogP contribution in [0.1, 0.15) is 26.3 Å². The standard InChI is InChI=1S/C12H13BrS/c1-12(2,3)10-7-14-11-6-8(13)4-5-9(10)11/h4-7H,1-3H3. The topological polar surface area (TPSA) is 0 Å². The van der Waals surface area contributed by atoms with Crippen molar-refractivity contribution in [2.45, 2.75) is 26.2 Å². The number of hydrogen-bond donors (Lipinski definition) is 0. The second-order valence-corrected chi connectivity index (χ2v) is 6.37. The molecule has 0 saturated carbocycles. The maximum atomic E-state index is 3.50. The van der Waals surface area contributed by atoms with E-state index in [2.05, 4.69) is 60.3 Å². The fourth-order valence-electron chi connectivity index (χ4n) is 1.58. The maximum absolute atomic E-state index is 3.50. The van der Waals surface area contributed by atoms with Crippen molar-refractivity contribution >= 4 is 37.4 Å². The smallest absolute Gasteiger partial charge is 0.0357 e. The van der Waals surface area contributed by atoms with E-state index in [4.69, 9.17) is 0 Å². The lowest BCUT2D eigenvalue weighted by Gasteiger charge is -2.17. The van der Waals surface area contributed by atoms with E-state index in [1.807, 2.05) is 11.3 Å². The lowest BCUT2D eigenvalue weighted by molar-refractivity contribution is 0.598. The highest BCUT2D eigenvalue weighted by atomic mass is 79.9. The molecule has 0 N–H and O–H groups in total. The highest BCUT2D eigenvalue weighted by Crippen LogP contribution is 2.35. The first kappa shape index (κ1) is 10.2. The lowest BCUT2D eigenvalue weighted by Crippen LogP contribution is -2.09. The SMILES string of the molecule is CC(C)(C)c1csc2cc(Br)ccc12. The number of halogens is 1. The van der Waals surface area contributed by atoms with Crippen LogP contribution < -0.4 is 0 Å². The van der Waals surface area contributed by atoms with Crippen molar-refractivity contribution < 1.29 is 0 Å². The van der Waals surface area contributed by atoms with Gasteiger partial charge in [0.05, 0.1) is 0 Å². The predicted molar refractivity (Wildman–Crippen MR) is 68.2 cm³/mol. The summed E-state index contributed by atoms with van der Waals surface area (Å²) >= 11 is 5.32. The van der Waals surface area contributed by atoms with Gasteiger partial charge in [0.1, 0.15) is 0 Å². The Morgan fingerprint density at radius 3 is 2.57 bits per heavy atom. The summed E-state index contributed by atoms with van der Waals surface area (Å²) in [6, 6.07) is 6.51. The van der Waals surface area contributed by atoms with E-state index in [1.54, 1.807) is 0 Å². The Kier molecular flexibility index (Phi) is 2.44. The van der Waals surface area contributed by atoms with Crippen LogP contribution in [0, 0.1) is 0 Å². The van der Waals surface area contributed by atoms with E-state index in [1.165, 1.54) is 15.6 Å². The zero-order chi connectivity index (χ0) is 10.3. The lowest BCUT2D eigenvalue weighted by atomic mass is 9.87. The molecule has 0 spiro atoms. The molecule has 2 rings (SSSR count). The summed E-state index contributed by atoms with van der Waals surface area (Å²) in [6.07, 6.45) is 0. The van der Waals surface area contributed by atoms with Gasteiger partial charge < -0.3 is 0 Å². The molecule has 0 unspecified atom stereocenters. The van der Waals surface area contributed by atoms with E-state index in [0.29, 0.717) is 0 Å². The number of thiophene rings is 1. The Hall–Kier alpha value is -0.340. The number of rotatable bonds is 0. The summed E-state index contributed by atoms with van der Waals surface area (Å²) in [6.45, 7) is 6.78. The van der Waals surface area contributed by atoms with Crippen molar-refractivity contribution in [2.24, 2.45) is 0 Å². The molecule has 1 aromatic heterocycles. The van der Waals surface area contributed by atoms with Crippen molar-refractivity contribution in [3.8, 4) is 0 Å². The molecule has 0 aliphatic heterocycles. The number of fused-ring (bicyclic) bond motifs is 1. The molecule has 0 nitrogen and oxygen atoms in total. The highest BCUT2D eigenvalue weighted by Gasteiger charge is 2.17. The van der Waals surface area contributed by atoms with Gasteiger partial charge in [0, 0.05) is 9.17 Å². The Labute approximate surface area is 97.1 Å². The molecule has 0 atom stereocenters. The summed E-state index contributed by atoms with van der Waals surface area (Å²) in [5.41, 5.74) is 1.69. The molecular weight excluding hydrogens is 256 g/mol. The van der Waals surface area contributed by atoms with Gasteiger partial charge in [-0.15, -0.1) is 11.3 Å². The molecule has 2 heteroatoms. The summed E-state index contributed by atoms with van der Waals surface area (Å²) < 4.78 is 2.52. The second-order valence-electron chi connectivity index (χ2n) is 4.54. The maximum Gasteiger partial charge on any atom is 0.0357 e. The van der Waals surface area contributed by atoms with Crippen LogP contribution in [0.4, 0.5) is 0 Å². The Morgan fingerprint density at radius 1 is 1.21 bits per heavy atom. The molecular formula is C12H13BrS. The molecule has 0 bridgehead atoms. The van der Waals surface area contributed by atoms with Gasteiger partial charge in [0.25, 0.3) is 0 Å². The van der Waals surface area contributed by atoms with Gasteiger partial charge in [-0.2, -0.15) is 0 Å². The number of hydrogen-bond acceptors (Lipinski definition) is 1. The minimum absolute atomic E-state index is 0.242. The zero-order valence-electron chi connectivity index (χ0n) is 8.60. The van der Waals surface area contributed by atoms with Gasteiger partial charge in [-0.3, -0.25) is 0 Å². The summed E-state index contributed by atoms with van der Waals surface area (Å²) in [5.74, 6) is 0. The molecule has 0 radical (unpaired) electrons. The average molecular weight is 269 g/mol. The van der Waals surface area contributed by atoms with Gasteiger partial charge in [-0.05, 0) is 33.9 Å². The Bertz CT molecular complexity index is 463. The van der Waals surface area contributed by atoms with Crippen LogP contribution in [0.15, 0.2) is 28.1 Å². The molecule has 0 saturated heterocycles. The van der Waals surface area contributed by atoms with Crippen molar-refractivity contribution in [2.75, 3.05) is 0 Å². The third-order valence-electron chi connectivity index (χ3n) is 2.35. The van der Waals surface area contributed by atoms with Crippen LogP contribution in [0.5, 0.6) is 0 Å². The van der Waals surface area contributed by atoms with Crippen molar-refractivity contribution in [1.82, 2.24) is 0 Å². The van der Waals surface area contributed by atoms with Gasteiger partial charge in [0.15, 0.2) is 0 Å². The fraction of sp³-hybridized carbons (Fsp3) is 0.333. The number of benzene rings is 1. The van der Waals surface area contributed by atoms with Gasteiger partial charge >= 0.3 is 0 Å². The normalized spacial score (nSPS) is 12.3. The molecule has 1 heterocycles. The van der Waals surface area contributed by atoms with Crippen molar-refractivity contribution in [3.05, 3.63) is 33.6 Å². The Morgan fingerprint density at radius 2 is 1.93 bits per heavy atom. The van der Waals surface area contributed by atoms with Gasteiger partial charge in [0.2, 0.25) is 0 Å². The molecule has 0 fully saturated rings. The van der Waals surface area contributed by atoms with Crippen LogP contribution in [0.2, 0.25) is 0 Å². The predicted octanol–water partition coefficient (Wildman–Crippen LogP) is 4.96.